The summed E-state index contributed by atoms with van der Waals surface area (Å²) < 4.78 is 10.2. The third kappa shape index (κ3) is 8.06. The van der Waals surface area contributed by atoms with Crippen molar-refractivity contribution in [2.45, 2.75) is 39.0 Å². The van der Waals surface area contributed by atoms with Gasteiger partial charge in [-0.25, -0.2) is 0 Å². The lowest BCUT2D eigenvalue weighted by Crippen LogP contribution is -1.80. The van der Waals surface area contributed by atoms with Gasteiger partial charge in [-0.05, 0) is 17.4 Å². The van der Waals surface area contributed by atoms with E-state index in [1.54, 1.807) is 0 Å². The minimum Gasteiger partial charge on any atom is -0.161 e. The average molecular weight is 163 g/mol. The van der Waals surface area contributed by atoms with E-state index in [-0.39, 0.29) is 0 Å². The Balaban J connectivity index is 2.84. The molecule has 0 rings (SSSR count). The summed E-state index contributed by atoms with van der Waals surface area (Å²) in [5.41, 5.74) is 0. The highest BCUT2D eigenvalue weighted by Crippen LogP contribution is 2.16. The first kappa shape index (κ1) is 10.1. The van der Waals surface area contributed by atoms with Crippen LogP contribution in [0.15, 0.2) is 0 Å². The van der Waals surface area contributed by atoms with Gasteiger partial charge in [0.05, 0.1) is 0 Å². The molecule has 0 aliphatic heterocycles. The molecular weight excluding hydrogens is 147 g/mol. The van der Waals surface area contributed by atoms with Crippen molar-refractivity contribution in [1.29, 1.82) is 0 Å². The zero-order valence-corrected chi connectivity index (χ0v) is 7.44. The van der Waals surface area contributed by atoms with Gasteiger partial charge in [-0.15, -0.1) is 0 Å². The van der Waals surface area contributed by atoms with Crippen LogP contribution in [0.4, 0.5) is 0 Å². The van der Waals surface area contributed by atoms with Crippen LogP contribution in [-0.4, -0.2) is 11.1 Å². The first-order valence-corrected chi connectivity index (χ1v) is 5.30. The Morgan fingerprint density at radius 1 is 1.20 bits per heavy atom. The van der Waals surface area contributed by atoms with Crippen molar-refractivity contribution in [3.05, 3.63) is 0 Å². The molecule has 1 N–H and O–H groups in total. The Bertz CT molecular complexity index is 93.6. The smallest absolute Gasteiger partial charge is 0.161 e. The topological polar surface area (TPSA) is 37.3 Å². The van der Waals surface area contributed by atoms with E-state index in [9.17, 15) is 4.57 Å². The number of rotatable bonds is 6. The van der Waals surface area contributed by atoms with Crippen molar-refractivity contribution in [3.63, 3.8) is 0 Å². The van der Waals surface area contributed by atoms with Crippen molar-refractivity contribution in [2.75, 3.05) is 6.16 Å². The quantitative estimate of drug-likeness (QED) is 0.482. The van der Waals surface area contributed by atoms with Gasteiger partial charge < -0.3 is 0 Å². The molecule has 2 nitrogen and oxygen atoms in total. The normalized spacial score (nSPS) is 11.6. The second-order valence-corrected chi connectivity index (χ2v) is 3.64. The lowest BCUT2D eigenvalue weighted by molar-refractivity contribution is 0.499. The zero-order chi connectivity index (χ0) is 7.82. The van der Waals surface area contributed by atoms with Crippen LogP contribution in [0.2, 0.25) is 0 Å². The number of hydrogen-bond acceptors (Lipinski definition) is 1. The summed E-state index contributed by atoms with van der Waals surface area (Å²) >= 11 is 0. The van der Waals surface area contributed by atoms with E-state index in [1.165, 1.54) is 19.3 Å². The molecule has 0 fully saturated rings. The zero-order valence-electron chi connectivity index (χ0n) is 6.55. The van der Waals surface area contributed by atoms with Crippen LogP contribution >= 0.6 is 8.03 Å². The first-order valence-electron chi connectivity index (χ1n) is 3.91. The molecule has 0 saturated carbocycles. The molecule has 60 valence electrons. The van der Waals surface area contributed by atoms with Crippen molar-refractivity contribution in [3.8, 4) is 0 Å². The summed E-state index contributed by atoms with van der Waals surface area (Å²) in [7, 11) is -1.87. The van der Waals surface area contributed by atoms with E-state index in [2.05, 4.69) is 6.92 Å². The molecule has 0 aromatic rings. The monoisotopic (exact) mass is 163 g/mol. The highest BCUT2D eigenvalue weighted by atomic mass is 31.1. The van der Waals surface area contributed by atoms with E-state index in [4.69, 9.17) is 4.89 Å². The van der Waals surface area contributed by atoms with E-state index in [0.29, 0.717) is 6.16 Å². The molecule has 0 radical (unpaired) electrons. The van der Waals surface area contributed by atoms with Crippen LogP contribution in [0.5, 0.6) is 0 Å². The summed E-state index contributed by atoms with van der Waals surface area (Å²) in [4.78, 5) is 8.42. The summed E-state index contributed by atoms with van der Waals surface area (Å²) in [5, 5.41) is 0. The fraction of sp³-hybridized carbons (Fsp3) is 1.00. The van der Waals surface area contributed by atoms with E-state index in [0.717, 1.165) is 12.8 Å². The highest BCUT2D eigenvalue weighted by molar-refractivity contribution is 7.37. The van der Waals surface area contributed by atoms with E-state index in [1.807, 2.05) is 0 Å². The third-order valence-electron chi connectivity index (χ3n) is 1.45. The molecule has 10 heavy (non-hydrogen) atoms. The van der Waals surface area contributed by atoms with Crippen LogP contribution < -0.4 is 0 Å². The van der Waals surface area contributed by atoms with Gasteiger partial charge >= 0.3 is 8.03 Å². The largest absolute Gasteiger partial charge is 0.505 e. The fourth-order valence-corrected chi connectivity index (χ4v) is 1.34. The minimum atomic E-state index is -1.87. The predicted molar refractivity (Wildman–Crippen MR) is 43.5 cm³/mol. The molecule has 0 aliphatic carbocycles. The molecule has 0 saturated heterocycles. The molecule has 0 aromatic heterocycles. The molecule has 0 amide bonds. The first-order chi connectivity index (χ1) is 4.77. The van der Waals surface area contributed by atoms with Gasteiger partial charge in [0.25, 0.3) is 0 Å². The van der Waals surface area contributed by atoms with Crippen LogP contribution in [0.25, 0.3) is 0 Å². The second-order valence-electron chi connectivity index (χ2n) is 2.49. The Morgan fingerprint density at radius 3 is 2.30 bits per heavy atom. The van der Waals surface area contributed by atoms with Crippen molar-refractivity contribution >= 4 is 8.03 Å². The van der Waals surface area contributed by atoms with Gasteiger partial charge in [0.1, 0.15) is 0 Å². The van der Waals surface area contributed by atoms with Crippen molar-refractivity contribution < 1.29 is 9.46 Å². The lowest BCUT2D eigenvalue weighted by Gasteiger charge is -1.91. The van der Waals surface area contributed by atoms with E-state index >= 15 is 0 Å². The van der Waals surface area contributed by atoms with Gasteiger partial charge in [-0.1, -0.05) is 26.2 Å². The molecule has 0 aliphatic rings. The standard InChI is InChI=1S/C7H15O2P/c1-2-3-4-5-6-7-10(8)9/h2-7H2,1H3/p+1. The fourth-order valence-electron chi connectivity index (χ4n) is 0.851. The molecule has 1 unspecified atom stereocenters. The van der Waals surface area contributed by atoms with E-state index < -0.39 is 8.03 Å². The maximum atomic E-state index is 10.2. The Labute approximate surface area is 63.5 Å². The maximum Gasteiger partial charge on any atom is 0.505 e. The van der Waals surface area contributed by atoms with Gasteiger partial charge in [-0.3, -0.25) is 0 Å². The van der Waals surface area contributed by atoms with Crippen LogP contribution in [0, 0.1) is 0 Å². The van der Waals surface area contributed by atoms with Crippen molar-refractivity contribution in [1.82, 2.24) is 0 Å². The lowest BCUT2D eigenvalue weighted by atomic mass is 10.2. The molecular formula is C7H16O2P+. The molecule has 0 aromatic carbocycles. The Kier molecular flexibility index (Phi) is 7.21. The molecule has 1 atom stereocenters. The Hall–Kier alpha value is 0.0600. The van der Waals surface area contributed by atoms with Crippen LogP contribution in [0.3, 0.4) is 0 Å². The predicted octanol–water partition coefficient (Wildman–Crippen LogP) is 2.69. The summed E-state index contributed by atoms with van der Waals surface area (Å²) in [5.74, 6) is 0. The average Bonchev–Trinajstić information content (AvgIpc) is 1.87. The SMILES string of the molecule is CCCCCCC[P+](=O)O. The van der Waals surface area contributed by atoms with Gasteiger partial charge in [0.15, 0.2) is 6.16 Å². The van der Waals surface area contributed by atoms with Gasteiger partial charge in [0, 0.05) is 0 Å². The number of hydrogen-bond donors (Lipinski definition) is 1. The maximum absolute atomic E-state index is 10.2. The molecule has 0 spiro atoms. The Morgan fingerprint density at radius 2 is 1.80 bits per heavy atom. The van der Waals surface area contributed by atoms with Crippen LogP contribution in [0.1, 0.15) is 39.0 Å². The molecule has 0 heterocycles. The van der Waals surface area contributed by atoms with Gasteiger partial charge in [0.2, 0.25) is 0 Å². The highest BCUT2D eigenvalue weighted by Gasteiger charge is 2.07. The van der Waals surface area contributed by atoms with Crippen molar-refractivity contribution in [2.24, 2.45) is 0 Å². The minimum absolute atomic E-state index is 0.485. The summed E-state index contributed by atoms with van der Waals surface area (Å²) in [6.07, 6.45) is 6.19. The molecule has 0 bridgehead atoms. The number of unbranched alkanes of at least 4 members (excludes halogenated alkanes) is 4. The second kappa shape index (κ2) is 7.17. The molecule has 3 heteroatoms. The summed E-state index contributed by atoms with van der Waals surface area (Å²) in [6, 6.07) is 0. The third-order valence-corrected chi connectivity index (χ3v) is 2.15. The van der Waals surface area contributed by atoms with Gasteiger partial charge in [-0.2, -0.15) is 4.89 Å². The summed E-state index contributed by atoms with van der Waals surface area (Å²) in [6.45, 7) is 2.16. The van der Waals surface area contributed by atoms with Crippen LogP contribution in [-0.2, 0) is 4.57 Å².